The molecule has 49 heavy (non-hydrogen) atoms. The molecule has 0 saturated heterocycles. The zero-order valence-electron chi connectivity index (χ0n) is 26.6. The number of nitriles is 1. The van der Waals surface area contributed by atoms with E-state index in [0.29, 0.717) is 5.57 Å². The molecule has 234 valence electrons. The Kier molecular flexibility index (Phi) is 7.19. The fourth-order valence-electron chi connectivity index (χ4n) is 6.87. The molecule has 9 rings (SSSR count). The maximum absolute atomic E-state index is 10.0. The van der Waals surface area contributed by atoms with Crippen molar-refractivity contribution in [1.29, 1.82) is 5.26 Å². The summed E-state index contributed by atoms with van der Waals surface area (Å²) in [4.78, 5) is 9.19. The third-order valence-corrected chi connectivity index (χ3v) is 12.5. The summed E-state index contributed by atoms with van der Waals surface area (Å²) >= 11 is 3.00. The molecule has 8 heteroatoms. The summed E-state index contributed by atoms with van der Waals surface area (Å²) in [7, 11) is 0. The summed E-state index contributed by atoms with van der Waals surface area (Å²) in [6, 6.07) is 45.2. The molecule has 0 atom stereocenters. The van der Waals surface area contributed by atoms with Crippen LogP contribution in [0.5, 0.6) is 0 Å². The van der Waals surface area contributed by atoms with Crippen LogP contribution in [-0.4, -0.2) is 27.9 Å². The Morgan fingerprint density at radius 3 is 2.33 bits per heavy atom. The Bertz CT molecular complexity index is 2590. The zero-order chi connectivity index (χ0) is 33.1. The van der Waals surface area contributed by atoms with Gasteiger partial charge in [0.25, 0.3) is 0 Å². The first-order valence-corrected chi connectivity index (χ1v) is 19.1. The molecule has 0 aliphatic carbocycles. The minimum atomic E-state index is -0.204. The van der Waals surface area contributed by atoms with E-state index >= 15 is 0 Å². The first-order valence-electron chi connectivity index (χ1n) is 15.9. The van der Waals surface area contributed by atoms with Gasteiger partial charge in [-0.3, -0.25) is 0 Å². The third-order valence-electron chi connectivity index (χ3n) is 9.29. The number of fused-ring (bicyclic) bond motifs is 4. The maximum atomic E-state index is 10.0. The van der Waals surface area contributed by atoms with Crippen LogP contribution in [0.3, 0.4) is 0 Å². The SMILES string of the molecule is CC1(C)c2ccccc2N(c2ccccc2)c2ccc(-c3ccc(-c4ccc(C=C(C#N)c5nc6ccccc6s5)s4)c4n[se]nc34)cc21. The van der Waals surface area contributed by atoms with Crippen molar-refractivity contribution < 1.29 is 0 Å². The van der Waals surface area contributed by atoms with Crippen LogP contribution in [0.15, 0.2) is 121 Å². The van der Waals surface area contributed by atoms with E-state index in [9.17, 15) is 5.26 Å². The number of hydrogen-bond donors (Lipinski definition) is 0. The number of para-hydroxylation sites is 3. The van der Waals surface area contributed by atoms with E-state index in [0.717, 1.165) is 58.4 Å². The van der Waals surface area contributed by atoms with Crippen molar-refractivity contribution in [1.82, 2.24) is 12.9 Å². The van der Waals surface area contributed by atoms with Gasteiger partial charge in [-0.1, -0.05) is 12.1 Å². The van der Waals surface area contributed by atoms with E-state index in [1.54, 1.807) is 22.7 Å². The van der Waals surface area contributed by atoms with Crippen LogP contribution < -0.4 is 4.90 Å². The number of hydrogen-bond acceptors (Lipinski definition) is 7. The van der Waals surface area contributed by atoms with Crippen LogP contribution in [-0.2, 0) is 5.41 Å². The molecule has 0 N–H and O–H groups in total. The van der Waals surface area contributed by atoms with Gasteiger partial charge in [-0.15, -0.1) is 0 Å². The van der Waals surface area contributed by atoms with E-state index in [2.05, 4.69) is 122 Å². The molecule has 0 bridgehead atoms. The molecule has 4 heterocycles. The second kappa shape index (κ2) is 11.8. The number of rotatable bonds is 5. The van der Waals surface area contributed by atoms with Crippen molar-refractivity contribution in [2.75, 3.05) is 4.90 Å². The van der Waals surface area contributed by atoms with E-state index in [-0.39, 0.29) is 20.4 Å². The molecule has 0 unspecified atom stereocenters. The fourth-order valence-corrected chi connectivity index (χ4v) is 9.98. The van der Waals surface area contributed by atoms with Gasteiger partial charge in [0, 0.05) is 0 Å². The molecule has 0 spiro atoms. The van der Waals surface area contributed by atoms with Crippen LogP contribution in [0.2, 0.25) is 0 Å². The van der Waals surface area contributed by atoms with Crippen molar-refractivity contribution in [3.05, 3.63) is 142 Å². The first-order chi connectivity index (χ1) is 24.0. The Balaban J connectivity index is 1.10. The van der Waals surface area contributed by atoms with Gasteiger partial charge in [0.1, 0.15) is 0 Å². The van der Waals surface area contributed by atoms with Gasteiger partial charge in [0.15, 0.2) is 0 Å². The molecule has 1 aliphatic rings. The van der Waals surface area contributed by atoms with Crippen LogP contribution in [0.4, 0.5) is 17.1 Å². The van der Waals surface area contributed by atoms with Gasteiger partial charge >= 0.3 is 288 Å². The molecule has 5 aromatic carbocycles. The van der Waals surface area contributed by atoms with Gasteiger partial charge in [-0.25, -0.2) is 0 Å². The summed E-state index contributed by atoms with van der Waals surface area (Å²) in [6.45, 7) is 4.65. The average molecular weight is 733 g/mol. The quantitative estimate of drug-likeness (QED) is 0.130. The van der Waals surface area contributed by atoms with Gasteiger partial charge in [-0.2, -0.15) is 0 Å². The number of nitrogens with zero attached hydrogens (tertiary/aromatic N) is 5. The van der Waals surface area contributed by atoms with Crippen LogP contribution in [0.25, 0.3) is 54.5 Å². The van der Waals surface area contributed by atoms with Crippen molar-refractivity contribution in [3.63, 3.8) is 0 Å². The van der Waals surface area contributed by atoms with Crippen LogP contribution >= 0.6 is 22.7 Å². The first kappa shape index (κ1) is 29.9. The molecule has 3 aromatic heterocycles. The molecule has 0 fully saturated rings. The second-order valence-electron chi connectivity index (χ2n) is 12.5. The summed E-state index contributed by atoms with van der Waals surface area (Å²) in [5, 5.41) is 10.7. The van der Waals surface area contributed by atoms with E-state index in [1.165, 1.54) is 22.5 Å². The molecule has 0 saturated carbocycles. The van der Waals surface area contributed by atoms with Gasteiger partial charge in [-0.05, 0) is 0 Å². The molecule has 1 aliphatic heterocycles. The predicted molar refractivity (Wildman–Crippen MR) is 205 cm³/mol. The minimum absolute atomic E-state index is 0.198. The Labute approximate surface area is 298 Å². The van der Waals surface area contributed by atoms with Gasteiger partial charge < -0.3 is 0 Å². The molecular weight excluding hydrogens is 706 g/mol. The molecule has 5 nitrogen and oxygen atoms in total. The number of thiazole rings is 1. The second-order valence-corrected chi connectivity index (χ2v) is 15.8. The standard InChI is InChI=1S/C41H27N5S2Se/c1-41(2)31-12-6-8-14-34(31)46(27-10-4-3-5-11-27)35-20-16-25(23-32(35)41)29-18-19-30(39-38(29)44-49-45-39)36-21-17-28(47-36)22-26(24-42)40-43-33-13-7-9-15-37(33)48-40/h3-23H,1-2H3. The number of benzene rings is 5. The predicted octanol–water partition coefficient (Wildman–Crippen LogP) is 10.9. The summed E-state index contributed by atoms with van der Waals surface area (Å²) in [6.07, 6.45) is 1.94. The summed E-state index contributed by atoms with van der Waals surface area (Å²) in [5.41, 5.74) is 12.7. The number of allylic oxidation sites excluding steroid dienone is 1. The Morgan fingerprint density at radius 2 is 1.49 bits per heavy atom. The van der Waals surface area contributed by atoms with Crippen LogP contribution in [0.1, 0.15) is 34.9 Å². The van der Waals surface area contributed by atoms with Crippen LogP contribution in [0, 0.1) is 11.3 Å². The van der Waals surface area contributed by atoms with Crippen molar-refractivity contribution in [2.45, 2.75) is 19.3 Å². The molecule has 0 amide bonds. The number of anilines is 3. The van der Waals surface area contributed by atoms with E-state index < -0.39 is 0 Å². The van der Waals surface area contributed by atoms with Crippen molar-refractivity contribution in [3.8, 4) is 27.6 Å². The fraction of sp³-hybridized carbons (Fsp3) is 0.0732. The molecule has 8 aromatic rings. The Hall–Kier alpha value is -5.16. The van der Waals surface area contributed by atoms with Gasteiger partial charge in [0.2, 0.25) is 0 Å². The van der Waals surface area contributed by atoms with Gasteiger partial charge in [0.05, 0.1) is 0 Å². The number of aromatic nitrogens is 3. The Morgan fingerprint density at radius 1 is 0.755 bits per heavy atom. The van der Waals surface area contributed by atoms with Crippen molar-refractivity contribution in [2.24, 2.45) is 0 Å². The molecular formula is C41H27N5S2Se. The average Bonchev–Trinajstić information content (AvgIpc) is 3.91. The topological polar surface area (TPSA) is 65.7 Å². The van der Waals surface area contributed by atoms with E-state index in [1.807, 2.05) is 30.3 Å². The molecule has 0 radical (unpaired) electrons. The normalized spacial score (nSPS) is 13.7. The summed E-state index contributed by atoms with van der Waals surface area (Å²) in [5.74, 6) is 0. The summed E-state index contributed by atoms with van der Waals surface area (Å²) < 4.78 is 11.0. The zero-order valence-corrected chi connectivity index (χ0v) is 29.9. The monoisotopic (exact) mass is 733 g/mol. The van der Waals surface area contributed by atoms with E-state index in [4.69, 9.17) is 12.9 Å². The van der Waals surface area contributed by atoms with Crippen molar-refractivity contribution >= 4 is 87.6 Å². The number of thiophene rings is 1. The third kappa shape index (κ3) is 4.98.